The zero-order chi connectivity index (χ0) is 15.6. The van der Waals surface area contributed by atoms with Gasteiger partial charge in [0.05, 0.1) is 11.9 Å². The highest BCUT2D eigenvalue weighted by atomic mass is 35.5. The first-order valence-corrected chi connectivity index (χ1v) is 7.40. The zero-order valence-electron chi connectivity index (χ0n) is 12.0. The van der Waals surface area contributed by atoms with E-state index in [1.54, 1.807) is 36.8 Å². The lowest BCUT2D eigenvalue weighted by molar-refractivity contribution is 0.614. The number of fused-ring (bicyclic) bond motifs is 1. The lowest BCUT2D eigenvalue weighted by Gasteiger charge is -2.03. The number of nitrogens with zero attached hydrogens (tertiary/aromatic N) is 3. The Labute approximate surface area is 136 Å². The highest BCUT2D eigenvalue weighted by molar-refractivity contribution is 6.31. The van der Waals surface area contributed by atoms with E-state index in [2.05, 4.69) is 25.5 Å². The Hall–Kier alpha value is -2.86. The molecule has 0 atom stereocenters. The molecule has 0 aliphatic carbocycles. The number of H-pyrrole nitrogens is 1. The predicted octanol–water partition coefficient (Wildman–Crippen LogP) is 3.88. The molecule has 0 unspecified atom stereocenters. The maximum absolute atomic E-state index is 5.95. The van der Waals surface area contributed by atoms with Crippen molar-refractivity contribution in [1.82, 2.24) is 20.2 Å². The summed E-state index contributed by atoms with van der Waals surface area (Å²) in [6.45, 7) is 0.529. The molecule has 0 radical (unpaired) electrons. The third-order valence-electron chi connectivity index (χ3n) is 3.45. The lowest BCUT2D eigenvalue weighted by atomic mass is 10.1. The minimum atomic E-state index is 0.445. The molecule has 3 heterocycles. The number of rotatable bonds is 4. The van der Waals surface area contributed by atoms with Crippen molar-refractivity contribution in [3.63, 3.8) is 0 Å². The van der Waals surface area contributed by atoms with Crippen molar-refractivity contribution in [3.8, 4) is 11.3 Å². The zero-order valence-corrected chi connectivity index (χ0v) is 12.7. The van der Waals surface area contributed by atoms with Crippen LogP contribution in [-0.2, 0) is 6.54 Å². The summed E-state index contributed by atoms with van der Waals surface area (Å²) in [5.41, 5.74) is 4.31. The van der Waals surface area contributed by atoms with Crippen molar-refractivity contribution in [2.75, 3.05) is 5.32 Å². The average molecular weight is 326 g/mol. The smallest absolute Gasteiger partial charge is 0.295 e. The molecule has 7 heteroatoms. The minimum Gasteiger partial charge on any atom is -0.424 e. The normalized spacial score (nSPS) is 11.0. The van der Waals surface area contributed by atoms with E-state index in [0.29, 0.717) is 23.2 Å². The fourth-order valence-corrected chi connectivity index (χ4v) is 2.52. The molecule has 1 aromatic carbocycles. The van der Waals surface area contributed by atoms with Crippen molar-refractivity contribution >= 4 is 28.7 Å². The van der Waals surface area contributed by atoms with Gasteiger partial charge in [-0.2, -0.15) is 10.1 Å². The first kappa shape index (κ1) is 13.8. The number of benzene rings is 1. The quantitative estimate of drug-likeness (QED) is 0.595. The molecule has 114 valence electrons. The number of hydrogen-bond acceptors (Lipinski definition) is 5. The molecule has 2 N–H and O–H groups in total. The Balaban J connectivity index is 1.56. The topological polar surface area (TPSA) is 79.6 Å². The van der Waals surface area contributed by atoms with Crippen LogP contribution in [0, 0.1) is 0 Å². The molecule has 0 spiro atoms. The summed E-state index contributed by atoms with van der Waals surface area (Å²) in [7, 11) is 0. The summed E-state index contributed by atoms with van der Waals surface area (Å²) in [5.74, 6) is 0. The molecular formula is C16H12ClN5O. The van der Waals surface area contributed by atoms with Crippen LogP contribution >= 0.6 is 11.6 Å². The van der Waals surface area contributed by atoms with E-state index in [9.17, 15) is 0 Å². The Morgan fingerprint density at radius 3 is 3.04 bits per heavy atom. The van der Waals surface area contributed by atoms with E-state index in [1.165, 1.54) is 0 Å². The second kappa shape index (κ2) is 5.73. The van der Waals surface area contributed by atoms with Crippen LogP contribution in [0.2, 0.25) is 5.02 Å². The van der Waals surface area contributed by atoms with E-state index >= 15 is 0 Å². The highest BCUT2D eigenvalue weighted by Gasteiger charge is 2.10. The van der Waals surface area contributed by atoms with Gasteiger partial charge in [0.1, 0.15) is 5.52 Å². The van der Waals surface area contributed by atoms with Crippen LogP contribution in [0.4, 0.5) is 6.01 Å². The van der Waals surface area contributed by atoms with Gasteiger partial charge in [-0.25, -0.2) is 0 Å². The van der Waals surface area contributed by atoms with Crippen molar-refractivity contribution < 1.29 is 4.42 Å². The van der Waals surface area contributed by atoms with Crippen molar-refractivity contribution in [2.24, 2.45) is 0 Å². The number of aromatic nitrogens is 4. The fraction of sp³-hybridized carbons (Fsp3) is 0.0625. The molecular weight excluding hydrogens is 314 g/mol. The van der Waals surface area contributed by atoms with Crippen LogP contribution in [-0.4, -0.2) is 20.2 Å². The van der Waals surface area contributed by atoms with Gasteiger partial charge in [0, 0.05) is 35.1 Å². The predicted molar refractivity (Wildman–Crippen MR) is 88.2 cm³/mol. The standard InChI is InChI=1S/C16H12ClN5O/c17-12-3-4-14-13(6-12)21-16(23-14)19-8-11-9-20-22-15(11)10-2-1-5-18-7-10/h1-7,9H,8H2,(H,19,21)(H,20,22). The highest BCUT2D eigenvalue weighted by Crippen LogP contribution is 2.24. The number of hydrogen-bond donors (Lipinski definition) is 2. The molecule has 6 nitrogen and oxygen atoms in total. The van der Waals surface area contributed by atoms with Gasteiger partial charge in [0.25, 0.3) is 6.01 Å². The molecule has 3 aromatic heterocycles. The molecule has 0 aliphatic heterocycles. The van der Waals surface area contributed by atoms with E-state index in [-0.39, 0.29) is 0 Å². The first-order valence-electron chi connectivity index (χ1n) is 7.02. The number of pyridine rings is 1. The minimum absolute atomic E-state index is 0.445. The van der Waals surface area contributed by atoms with Gasteiger partial charge in [-0.15, -0.1) is 0 Å². The molecule has 4 aromatic rings. The Morgan fingerprint density at radius 2 is 2.17 bits per heavy atom. The number of oxazole rings is 1. The maximum atomic E-state index is 5.95. The molecule has 0 bridgehead atoms. The average Bonchev–Trinajstić information content (AvgIpc) is 3.19. The van der Waals surface area contributed by atoms with Crippen molar-refractivity contribution in [3.05, 3.63) is 59.5 Å². The first-order chi connectivity index (χ1) is 11.3. The lowest BCUT2D eigenvalue weighted by Crippen LogP contribution is -2.00. The van der Waals surface area contributed by atoms with E-state index in [4.69, 9.17) is 16.0 Å². The van der Waals surface area contributed by atoms with Gasteiger partial charge < -0.3 is 9.73 Å². The monoisotopic (exact) mass is 325 g/mol. The van der Waals surface area contributed by atoms with Crippen molar-refractivity contribution in [2.45, 2.75) is 6.54 Å². The van der Waals surface area contributed by atoms with Crippen LogP contribution < -0.4 is 5.32 Å². The number of nitrogens with one attached hydrogen (secondary N) is 2. The van der Waals surface area contributed by atoms with Crippen LogP contribution in [0.25, 0.3) is 22.4 Å². The molecule has 0 fully saturated rings. The van der Waals surface area contributed by atoms with Crippen LogP contribution in [0.15, 0.2) is 53.3 Å². The van der Waals surface area contributed by atoms with Crippen LogP contribution in [0.5, 0.6) is 0 Å². The van der Waals surface area contributed by atoms with Gasteiger partial charge in [-0.3, -0.25) is 10.1 Å². The largest absolute Gasteiger partial charge is 0.424 e. The Bertz CT molecular complexity index is 947. The second-order valence-electron chi connectivity index (χ2n) is 5.00. The SMILES string of the molecule is Clc1ccc2oc(NCc3cn[nH]c3-c3cccnc3)nc2c1. The van der Waals surface area contributed by atoms with E-state index in [1.807, 2.05) is 12.1 Å². The van der Waals surface area contributed by atoms with E-state index in [0.717, 1.165) is 22.3 Å². The molecule has 0 saturated carbocycles. The summed E-state index contributed by atoms with van der Waals surface area (Å²) in [4.78, 5) is 8.50. The Morgan fingerprint density at radius 1 is 1.22 bits per heavy atom. The number of anilines is 1. The molecule has 23 heavy (non-hydrogen) atoms. The summed E-state index contributed by atoms with van der Waals surface area (Å²) in [5, 5.41) is 10.9. The maximum Gasteiger partial charge on any atom is 0.295 e. The summed E-state index contributed by atoms with van der Waals surface area (Å²) < 4.78 is 5.64. The molecule has 0 saturated heterocycles. The van der Waals surface area contributed by atoms with Crippen LogP contribution in [0.1, 0.15) is 5.56 Å². The van der Waals surface area contributed by atoms with Gasteiger partial charge in [-0.1, -0.05) is 11.6 Å². The number of halogens is 1. The second-order valence-corrected chi connectivity index (χ2v) is 5.43. The van der Waals surface area contributed by atoms with Crippen LogP contribution in [0.3, 0.4) is 0 Å². The van der Waals surface area contributed by atoms with Gasteiger partial charge in [-0.05, 0) is 30.3 Å². The summed E-state index contributed by atoms with van der Waals surface area (Å²) in [6, 6.07) is 9.65. The number of aromatic amines is 1. The van der Waals surface area contributed by atoms with Crippen molar-refractivity contribution in [1.29, 1.82) is 0 Å². The third kappa shape index (κ3) is 2.76. The molecule has 0 aliphatic rings. The summed E-state index contributed by atoms with van der Waals surface area (Å²) >= 11 is 5.95. The summed E-state index contributed by atoms with van der Waals surface area (Å²) in [6.07, 6.45) is 5.30. The van der Waals surface area contributed by atoms with Gasteiger partial charge in [0.2, 0.25) is 0 Å². The fourth-order valence-electron chi connectivity index (χ4n) is 2.35. The molecule has 4 rings (SSSR count). The molecule has 0 amide bonds. The third-order valence-corrected chi connectivity index (χ3v) is 3.68. The Kier molecular flexibility index (Phi) is 3.44. The van der Waals surface area contributed by atoms with Gasteiger partial charge >= 0.3 is 0 Å². The van der Waals surface area contributed by atoms with E-state index < -0.39 is 0 Å². The van der Waals surface area contributed by atoms with Gasteiger partial charge in [0.15, 0.2) is 5.58 Å².